The zero-order valence-corrected chi connectivity index (χ0v) is 12.6. The summed E-state index contributed by atoms with van der Waals surface area (Å²) in [6.07, 6.45) is 0.889. The van der Waals surface area contributed by atoms with E-state index >= 15 is 0 Å². The number of hydrogen-bond donors (Lipinski definition) is 2. The Kier molecular flexibility index (Phi) is 5.72. The standard InChI is InChI=1S/C13H17N3OS.ClH/c1-3-8(2)12(14)13(17)16-9-4-5-11-10(6-9)15-7-18-11;/h4-8,12H,3,14H2,1-2H3,(H,16,17);1H. The van der Waals surface area contributed by atoms with Crippen LogP contribution >= 0.6 is 23.7 Å². The summed E-state index contributed by atoms with van der Waals surface area (Å²) in [5.41, 5.74) is 9.32. The SMILES string of the molecule is CCC(C)C(N)C(=O)Nc1ccc2scnc2c1.Cl. The summed E-state index contributed by atoms with van der Waals surface area (Å²) in [4.78, 5) is 16.2. The van der Waals surface area contributed by atoms with Gasteiger partial charge in [0.25, 0.3) is 0 Å². The summed E-state index contributed by atoms with van der Waals surface area (Å²) in [7, 11) is 0. The molecule has 0 fully saturated rings. The van der Waals surface area contributed by atoms with Gasteiger partial charge in [-0.3, -0.25) is 4.79 Å². The summed E-state index contributed by atoms with van der Waals surface area (Å²) >= 11 is 1.58. The van der Waals surface area contributed by atoms with E-state index in [0.717, 1.165) is 22.3 Å². The van der Waals surface area contributed by atoms with Crippen LogP contribution < -0.4 is 11.1 Å². The minimum Gasteiger partial charge on any atom is -0.325 e. The molecule has 2 aromatic rings. The molecule has 2 unspecified atom stereocenters. The molecule has 104 valence electrons. The van der Waals surface area contributed by atoms with Crippen LogP contribution in [-0.4, -0.2) is 16.9 Å². The van der Waals surface area contributed by atoms with Crippen LogP contribution in [0.2, 0.25) is 0 Å². The van der Waals surface area contributed by atoms with Crippen LogP contribution in [-0.2, 0) is 4.79 Å². The summed E-state index contributed by atoms with van der Waals surface area (Å²) in [5.74, 6) is 0.0342. The normalized spacial score (nSPS) is 13.6. The molecular formula is C13H18ClN3OS. The fourth-order valence-electron chi connectivity index (χ4n) is 1.67. The maximum absolute atomic E-state index is 11.9. The minimum absolute atomic E-state index is 0. The molecule has 1 amide bonds. The van der Waals surface area contributed by atoms with E-state index < -0.39 is 6.04 Å². The summed E-state index contributed by atoms with van der Waals surface area (Å²) in [6, 6.07) is 5.23. The highest BCUT2D eigenvalue weighted by Crippen LogP contribution is 2.21. The van der Waals surface area contributed by atoms with E-state index in [1.54, 1.807) is 16.8 Å². The molecule has 0 aliphatic rings. The van der Waals surface area contributed by atoms with Gasteiger partial charge in [-0.05, 0) is 24.1 Å². The number of rotatable bonds is 4. The van der Waals surface area contributed by atoms with E-state index in [2.05, 4.69) is 10.3 Å². The third-order valence-electron chi connectivity index (χ3n) is 3.16. The maximum atomic E-state index is 11.9. The average molecular weight is 300 g/mol. The predicted molar refractivity (Wildman–Crippen MR) is 82.9 cm³/mol. The Morgan fingerprint density at radius 2 is 2.26 bits per heavy atom. The predicted octanol–water partition coefficient (Wildman–Crippen LogP) is 3.03. The molecule has 1 aromatic carbocycles. The third-order valence-corrected chi connectivity index (χ3v) is 3.97. The van der Waals surface area contributed by atoms with Crippen molar-refractivity contribution in [3.05, 3.63) is 23.7 Å². The molecule has 3 N–H and O–H groups in total. The van der Waals surface area contributed by atoms with E-state index in [-0.39, 0.29) is 24.2 Å². The number of nitrogens with zero attached hydrogens (tertiary/aromatic N) is 1. The van der Waals surface area contributed by atoms with Crippen molar-refractivity contribution in [2.45, 2.75) is 26.3 Å². The second-order valence-electron chi connectivity index (χ2n) is 4.44. The number of anilines is 1. The molecule has 2 atom stereocenters. The lowest BCUT2D eigenvalue weighted by molar-refractivity contribution is -0.118. The zero-order valence-electron chi connectivity index (χ0n) is 10.9. The van der Waals surface area contributed by atoms with Crippen molar-refractivity contribution in [2.24, 2.45) is 11.7 Å². The van der Waals surface area contributed by atoms with Gasteiger partial charge in [0.2, 0.25) is 5.91 Å². The lowest BCUT2D eigenvalue weighted by Crippen LogP contribution is -2.40. The molecule has 0 saturated carbocycles. The highest BCUT2D eigenvalue weighted by molar-refractivity contribution is 7.16. The molecule has 4 nitrogen and oxygen atoms in total. The molecular weight excluding hydrogens is 282 g/mol. The number of carbonyl (C=O) groups is 1. The van der Waals surface area contributed by atoms with Crippen molar-refractivity contribution in [1.82, 2.24) is 4.98 Å². The largest absolute Gasteiger partial charge is 0.325 e. The van der Waals surface area contributed by atoms with Crippen LogP contribution in [0.3, 0.4) is 0 Å². The number of nitrogens with one attached hydrogen (secondary N) is 1. The fraction of sp³-hybridized carbons (Fsp3) is 0.385. The van der Waals surface area contributed by atoms with E-state index in [4.69, 9.17) is 5.73 Å². The zero-order chi connectivity index (χ0) is 13.1. The van der Waals surface area contributed by atoms with Gasteiger partial charge in [0.05, 0.1) is 21.8 Å². The van der Waals surface area contributed by atoms with Crippen LogP contribution in [0.5, 0.6) is 0 Å². The van der Waals surface area contributed by atoms with Crippen molar-refractivity contribution in [1.29, 1.82) is 0 Å². The Labute approximate surface area is 122 Å². The van der Waals surface area contributed by atoms with Gasteiger partial charge in [-0.15, -0.1) is 23.7 Å². The van der Waals surface area contributed by atoms with E-state index in [1.165, 1.54) is 0 Å². The molecule has 19 heavy (non-hydrogen) atoms. The molecule has 0 bridgehead atoms. The van der Waals surface area contributed by atoms with Crippen molar-refractivity contribution in [3.8, 4) is 0 Å². The Morgan fingerprint density at radius 1 is 1.53 bits per heavy atom. The molecule has 6 heteroatoms. The smallest absolute Gasteiger partial charge is 0.241 e. The molecule has 0 saturated heterocycles. The monoisotopic (exact) mass is 299 g/mol. The number of thiazole rings is 1. The summed E-state index contributed by atoms with van der Waals surface area (Å²) in [6.45, 7) is 4.01. The Bertz CT molecular complexity index is 558. The number of halogens is 1. The topological polar surface area (TPSA) is 68.0 Å². The number of benzene rings is 1. The molecule has 1 aromatic heterocycles. The number of hydrogen-bond acceptors (Lipinski definition) is 4. The fourth-order valence-corrected chi connectivity index (χ4v) is 2.33. The van der Waals surface area contributed by atoms with E-state index in [0.29, 0.717) is 0 Å². The quantitative estimate of drug-likeness (QED) is 0.912. The number of fused-ring (bicyclic) bond motifs is 1. The molecule has 2 rings (SSSR count). The van der Waals surface area contributed by atoms with Crippen LogP contribution in [0.4, 0.5) is 5.69 Å². The van der Waals surface area contributed by atoms with Gasteiger partial charge in [-0.1, -0.05) is 20.3 Å². The average Bonchev–Trinajstić information content (AvgIpc) is 2.84. The van der Waals surface area contributed by atoms with Gasteiger partial charge in [0.15, 0.2) is 0 Å². The second-order valence-corrected chi connectivity index (χ2v) is 5.32. The lowest BCUT2D eigenvalue weighted by Gasteiger charge is -2.17. The van der Waals surface area contributed by atoms with Gasteiger partial charge >= 0.3 is 0 Å². The molecule has 0 spiro atoms. The Hall–Kier alpha value is -1.17. The van der Waals surface area contributed by atoms with Crippen LogP contribution in [0.15, 0.2) is 23.7 Å². The lowest BCUT2D eigenvalue weighted by atomic mass is 9.99. The van der Waals surface area contributed by atoms with E-state index in [9.17, 15) is 4.79 Å². The number of amides is 1. The van der Waals surface area contributed by atoms with Gasteiger partial charge in [-0.25, -0.2) is 4.98 Å². The van der Waals surface area contributed by atoms with Gasteiger partial charge < -0.3 is 11.1 Å². The van der Waals surface area contributed by atoms with Crippen LogP contribution in [0, 0.1) is 5.92 Å². The highest BCUT2D eigenvalue weighted by atomic mass is 35.5. The maximum Gasteiger partial charge on any atom is 0.241 e. The van der Waals surface area contributed by atoms with Gasteiger partial charge in [0.1, 0.15) is 0 Å². The van der Waals surface area contributed by atoms with Crippen molar-refractivity contribution in [2.75, 3.05) is 5.32 Å². The highest BCUT2D eigenvalue weighted by Gasteiger charge is 2.19. The first-order chi connectivity index (χ1) is 8.61. The first-order valence-electron chi connectivity index (χ1n) is 6.01. The number of nitrogens with two attached hydrogens (primary N) is 1. The third kappa shape index (κ3) is 3.65. The second kappa shape index (κ2) is 6.84. The summed E-state index contributed by atoms with van der Waals surface area (Å²) in [5, 5.41) is 2.84. The van der Waals surface area contributed by atoms with Crippen molar-refractivity contribution >= 4 is 45.6 Å². The molecule has 1 heterocycles. The van der Waals surface area contributed by atoms with Crippen LogP contribution in [0.25, 0.3) is 10.2 Å². The van der Waals surface area contributed by atoms with Gasteiger partial charge in [-0.2, -0.15) is 0 Å². The Morgan fingerprint density at radius 3 is 2.95 bits per heavy atom. The Balaban J connectivity index is 0.00000180. The molecule has 0 aliphatic heterocycles. The molecule has 0 aliphatic carbocycles. The first kappa shape index (κ1) is 15.9. The van der Waals surface area contributed by atoms with Gasteiger partial charge in [0, 0.05) is 5.69 Å². The number of aromatic nitrogens is 1. The molecule has 0 radical (unpaired) electrons. The number of carbonyl (C=O) groups excluding carboxylic acids is 1. The van der Waals surface area contributed by atoms with Crippen molar-refractivity contribution in [3.63, 3.8) is 0 Å². The van der Waals surface area contributed by atoms with Crippen LogP contribution in [0.1, 0.15) is 20.3 Å². The minimum atomic E-state index is -0.471. The summed E-state index contributed by atoms with van der Waals surface area (Å²) < 4.78 is 1.11. The van der Waals surface area contributed by atoms with Crippen molar-refractivity contribution < 1.29 is 4.79 Å². The van der Waals surface area contributed by atoms with E-state index in [1.807, 2.05) is 32.0 Å². The first-order valence-corrected chi connectivity index (χ1v) is 6.89.